The minimum absolute atomic E-state index is 0.0552. The Balaban J connectivity index is 1.70. The molecule has 25 heavy (non-hydrogen) atoms. The van der Waals surface area contributed by atoms with Gasteiger partial charge in [-0.15, -0.1) is 0 Å². The van der Waals surface area contributed by atoms with E-state index in [2.05, 4.69) is 20.3 Å². The molecule has 3 aromatic rings. The fourth-order valence-electron chi connectivity index (χ4n) is 2.22. The highest BCUT2D eigenvalue weighted by molar-refractivity contribution is 6.03. The van der Waals surface area contributed by atoms with Crippen LogP contribution in [0, 0.1) is 6.92 Å². The second kappa shape index (κ2) is 7.04. The zero-order chi connectivity index (χ0) is 17.8. The molecule has 0 spiro atoms. The molecule has 0 fully saturated rings. The third-order valence-corrected chi connectivity index (χ3v) is 3.55. The number of amides is 1. The van der Waals surface area contributed by atoms with Crippen molar-refractivity contribution in [1.82, 2.24) is 15.0 Å². The largest absolute Gasteiger partial charge is 0.448 e. The average Bonchev–Trinajstić information content (AvgIpc) is 2.62. The van der Waals surface area contributed by atoms with Gasteiger partial charge < -0.3 is 10.1 Å². The van der Waals surface area contributed by atoms with Gasteiger partial charge in [0.05, 0.1) is 23.1 Å². The van der Waals surface area contributed by atoms with Crippen LogP contribution in [0.3, 0.4) is 0 Å². The van der Waals surface area contributed by atoms with Crippen molar-refractivity contribution in [3.05, 3.63) is 60.3 Å². The van der Waals surface area contributed by atoms with Gasteiger partial charge in [-0.2, -0.15) is 0 Å². The topological polar surface area (TPSA) is 94.1 Å². The maximum Gasteiger partial charge on any atom is 0.359 e. The first-order valence-electron chi connectivity index (χ1n) is 7.69. The summed E-state index contributed by atoms with van der Waals surface area (Å²) in [6, 6.07) is 9.06. The summed E-state index contributed by atoms with van der Waals surface area (Å²) in [5.41, 5.74) is 2.11. The molecule has 0 saturated carbocycles. The van der Waals surface area contributed by atoms with Gasteiger partial charge in [-0.1, -0.05) is 6.07 Å². The molecule has 0 aliphatic heterocycles. The lowest BCUT2D eigenvalue weighted by Gasteiger charge is -2.14. The van der Waals surface area contributed by atoms with Gasteiger partial charge in [0, 0.05) is 17.8 Å². The standard InChI is InChI=1S/C18H16N4O3/c1-11-9-21-16(10-20-11)18(24)25-12(2)17(23)22-15-7-3-6-14-13(15)5-4-8-19-14/h3-10,12H,1-2H3,(H,22,23)/t12-/m1/s1. The Hall–Kier alpha value is -3.35. The molecule has 0 aliphatic carbocycles. The summed E-state index contributed by atoms with van der Waals surface area (Å²) >= 11 is 0. The van der Waals surface area contributed by atoms with Gasteiger partial charge in [0.1, 0.15) is 0 Å². The lowest BCUT2D eigenvalue weighted by molar-refractivity contribution is -0.123. The number of rotatable bonds is 4. The normalized spacial score (nSPS) is 11.8. The van der Waals surface area contributed by atoms with E-state index in [1.54, 1.807) is 31.3 Å². The van der Waals surface area contributed by atoms with E-state index in [1.165, 1.54) is 19.3 Å². The van der Waals surface area contributed by atoms with Crippen molar-refractivity contribution in [2.75, 3.05) is 5.32 Å². The summed E-state index contributed by atoms with van der Waals surface area (Å²) in [5, 5.41) is 3.57. The van der Waals surface area contributed by atoms with Crippen LogP contribution in [0.15, 0.2) is 48.9 Å². The van der Waals surface area contributed by atoms with Crippen molar-refractivity contribution < 1.29 is 14.3 Å². The van der Waals surface area contributed by atoms with E-state index < -0.39 is 18.0 Å². The molecule has 2 aromatic heterocycles. The maximum atomic E-state index is 12.3. The SMILES string of the molecule is Cc1cnc(C(=O)O[C@H](C)C(=O)Nc2cccc3ncccc23)cn1. The number of hydrogen-bond donors (Lipinski definition) is 1. The van der Waals surface area contributed by atoms with Gasteiger partial charge in [-0.05, 0) is 38.1 Å². The van der Waals surface area contributed by atoms with Gasteiger partial charge in [0.15, 0.2) is 11.8 Å². The third-order valence-electron chi connectivity index (χ3n) is 3.55. The quantitative estimate of drug-likeness (QED) is 0.736. The molecular formula is C18H16N4O3. The number of anilines is 1. The Labute approximate surface area is 144 Å². The molecule has 7 heteroatoms. The summed E-state index contributed by atoms with van der Waals surface area (Å²) < 4.78 is 5.15. The predicted octanol–water partition coefficient (Wildman–Crippen LogP) is 2.52. The number of nitrogens with one attached hydrogen (secondary N) is 1. The lowest BCUT2D eigenvalue weighted by Crippen LogP contribution is -2.30. The van der Waals surface area contributed by atoms with Crippen LogP contribution in [-0.2, 0) is 9.53 Å². The third kappa shape index (κ3) is 3.77. The van der Waals surface area contributed by atoms with Crippen molar-refractivity contribution in [1.29, 1.82) is 0 Å². The fraction of sp³-hybridized carbons (Fsp3) is 0.167. The first-order chi connectivity index (χ1) is 12.0. The van der Waals surface area contributed by atoms with Crippen molar-refractivity contribution in [2.45, 2.75) is 20.0 Å². The van der Waals surface area contributed by atoms with E-state index in [9.17, 15) is 9.59 Å². The number of esters is 1. The number of benzene rings is 1. The van der Waals surface area contributed by atoms with E-state index in [0.29, 0.717) is 11.4 Å². The summed E-state index contributed by atoms with van der Waals surface area (Å²) in [6.07, 6.45) is 3.48. The van der Waals surface area contributed by atoms with Gasteiger partial charge >= 0.3 is 5.97 Å². The molecule has 1 atom stereocenters. The molecule has 7 nitrogen and oxygen atoms in total. The number of aryl methyl sites for hydroxylation is 1. The highest BCUT2D eigenvalue weighted by Crippen LogP contribution is 2.21. The number of nitrogens with zero attached hydrogens (tertiary/aromatic N) is 3. The minimum atomic E-state index is -0.984. The molecule has 0 unspecified atom stereocenters. The van der Waals surface area contributed by atoms with Crippen molar-refractivity contribution >= 4 is 28.5 Å². The van der Waals surface area contributed by atoms with Gasteiger partial charge in [-0.3, -0.25) is 14.8 Å². The maximum absolute atomic E-state index is 12.3. The number of aromatic nitrogens is 3. The predicted molar refractivity (Wildman–Crippen MR) is 92.0 cm³/mol. The minimum Gasteiger partial charge on any atom is -0.448 e. The van der Waals surface area contributed by atoms with Crippen LogP contribution in [0.4, 0.5) is 5.69 Å². The van der Waals surface area contributed by atoms with Crippen LogP contribution in [0.2, 0.25) is 0 Å². The Morgan fingerprint density at radius 1 is 1.08 bits per heavy atom. The van der Waals surface area contributed by atoms with E-state index in [4.69, 9.17) is 4.74 Å². The summed E-state index contributed by atoms with van der Waals surface area (Å²) in [7, 11) is 0. The molecule has 1 N–H and O–H groups in total. The molecule has 0 aliphatic rings. The number of carbonyl (C=O) groups is 2. The molecule has 0 bridgehead atoms. The summed E-state index contributed by atoms with van der Waals surface area (Å²) in [5.74, 6) is -1.14. The molecule has 3 rings (SSSR count). The number of fused-ring (bicyclic) bond motifs is 1. The Morgan fingerprint density at radius 3 is 2.68 bits per heavy atom. The number of pyridine rings is 1. The van der Waals surface area contributed by atoms with Crippen LogP contribution in [0.5, 0.6) is 0 Å². The Morgan fingerprint density at radius 2 is 1.92 bits per heavy atom. The van der Waals surface area contributed by atoms with Crippen molar-refractivity contribution in [3.63, 3.8) is 0 Å². The van der Waals surface area contributed by atoms with Gasteiger partial charge in [0.25, 0.3) is 5.91 Å². The number of hydrogen-bond acceptors (Lipinski definition) is 6. The Bertz CT molecular complexity index is 920. The average molecular weight is 336 g/mol. The molecule has 0 saturated heterocycles. The number of ether oxygens (including phenoxy) is 1. The van der Waals surface area contributed by atoms with Crippen LogP contribution in [0.1, 0.15) is 23.1 Å². The first kappa shape index (κ1) is 16.5. The summed E-state index contributed by atoms with van der Waals surface area (Å²) in [6.45, 7) is 3.26. The monoisotopic (exact) mass is 336 g/mol. The summed E-state index contributed by atoms with van der Waals surface area (Å²) in [4.78, 5) is 36.5. The highest BCUT2D eigenvalue weighted by Gasteiger charge is 2.20. The number of carbonyl (C=O) groups excluding carboxylic acids is 2. The van der Waals surface area contributed by atoms with Crippen LogP contribution >= 0.6 is 0 Å². The van der Waals surface area contributed by atoms with Gasteiger partial charge in [-0.25, -0.2) is 9.78 Å². The van der Waals surface area contributed by atoms with Crippen LogP contribution < -0.4 is 5.32 Å². The molecule has 0 radical (unpaired) electrons. The van der Waals surface area contributed by atoms with E-state index >= 15 is 0 Å². The van der Waals surface area contributed by atoms with E-state index in [0.717, 1.165) is 10.9 Å². The first-order valence-corrected chi connectivity index (χ1v) is 7.69. The van der Waals surface area contributed by atoms with Crippen LogP contribution in [0.25, 0.3) is 10.9 Å². The van der Waals surface area contributed by atoms with Crippen molar-refractivity contribution in [2.24, 2.45) is 0 Å². The second-order valence-electron chi connectivity index (χ2n) is 5.46. The zero-order valence-electron chi connectivity index (χ0n) is 13.8. The molecule has 1 aromatic carbocycles. The fourth-order valence-corrected chi connectivity index (χ4v) is 2.22. The molecular weight excluding hydrogens is 320 g/mol. The lowest BCUT2D eigenvalue weighted by atomic mass is 10.2. The zero-order valence-corrected chi connectivity index (χ0v) is 13.8. The van der Waals surface area contributed by atoms with E-state index in [1.807, 2.05) is 12.1 Å². The highest BCUT2D eigenvalue weighted by atomic mass is 16.5. The smallest absolute Gasteiger partial charge is 0.359 e. The molecule has 1 amide bonds. The van der Waals surface area contributed by atoms with Crippen LogP contribution in [-0.4, -0.2) is 32.9 Å². The van der Waals surface area contributed by atoms with Gasteiger partial charge in [0.2, 0.25) is 0 Å². The second-order valence-corrected chi connectivity index (χ2v) is 5.46. The van der Waals surface area contributed by atoms with E-state index in [-0.39, 0.29) is 5.69 Å². The van der Waals surface area contributed by atoms with Crippen molar-refractivity contribution in [3.8, 4) is 0 Å². The molecule has 2 heterocycles. The molecule has 126 valence electrons. The Kier molecular flexibility index (Phi) is 4.65.